The number of nitrogens with zero attached hydrogens (tertiary/aromatic N) is 2. The molecular formula is C11H17N3O2. The third-order valence-electron chi connectivity index (χ3n) is 2.53. The molecule has 2 N–H and O–H groups in total. The van der Waals surface area contributed by atoms with Crippen LogP contribution < -0.4 is 10.5 Å². The summed E-state index contributed by atoms with van der Waals surface area (Å²) in [5, 5.41) is 0. The molecule has 1 atom stereocenters. The molecule has 1 aliphatic heterocycles. The maximum absolute atomic E-state index is 5.75. The van der Waals surface area contributed by atoms with Gasteiger partial charge in [-0.2, -0.15) is 4.98 Å². The smallest absolute Gasteiger partial charge is 0.222 e. The van der Waals surface area contributed by atoms with Crippen LogP contribution in [0, 0.1) is 0 Å². The van der Waals surface area contributed by atoms with Crippen molar-refractivity contribution in [1.82, 2.24) is 9.97 Å². The highest BCUT2D eigenvalue weighted by molar-refractivity contribution is 5.32. The molecule has 0 saturated heterocycles. The number of ether oxygens (including phenoxy) is 2. The molecule has 1 aromatic heterocycles. The summed E-state index contributed by atoms with van der Waals surface area (Å²) in [6.45, 7) is 3.19. The number of rotatable bonds is 3. The van der Waals surface area contributed by atoms with Crippen molar-refractivity contribution >= 4 is 0 Å². The van der Waals surface area contributed by atoms with Crippen LogP contribution in [0.1, 0.15) is 24.0 Å². The molecule has 0 aromatic carbocycles. The van der Waals surface area contributed by atoms with Crippen LogP contribution in [-0.4, -0.2) is 29.7 Å². The number of methoxy groups -OCH3 is 1. The predicted octanol–water partition coefficient (Wildman–Crippen LogP) is 0.448. The van der Waals surface area contributed by atoms with Crippen molar-refractivity contribution < 1.29 is 9.47 Å². The average Bonchev–Trinajstić information content (AvgIpc) is 2.27. The maximum Gasteiger partial charge on any atom is 0.222 e. The van der Waals surface area contributed by atoms with Gasteiger partial charge in [0.25, 0.3) is 0 Å². The minimum absolute atomic E-state index is 0.0580. The lowest BCUT2D eigenvalue weighted by molar-refractivity contribution is 0.106. The van der Waals surface area contributed by atoms with Crippen molar-refractivity contribution in [3.8, 4) is 5.88 Å². The van der Waals surface area contributed by atoms with Gasteiger partial charge >= 0.3 is 0 Å². The monoisotopic (exact) mass is 223 g/mol. The zero-order valence-electron chi connectivity index (χ0n) is 9.69. The molecule has 0 amide bonds. The van der Waals surface area contributed by atoms with E-state index in [1.807, 2.05) is 6.92 Å². The van der Waals surface area contributed by atoms with E-state index >= 15 is 0 Å². The zero-order chi connectivity index (χ0) is 11.5. The Morgan fingerprint density at radius 2 is 2.31 bits per heavy atom. The molecule has 16 heavy (non-hydrogen) atoms. The van der Waals surface area contributed by atoms with Crippen molar-refractivity contribution in [2.24, 2.45) is 5.73 Å². The van der Waals surface area contributed by atoms with E-state index in [-0.39, 0.29) is 6.04 Å². The lowest BCUT2D eigenvalue weighted by Gasteiger charge is -2.18. The molecule has 2 heterocycles. The van der Waals surface area contributed by atoms with E-state index < -0.39 is 0 Å². The van der Waals surface area contributed by atoms with E-state index in [1.165, 1.54) is 0 Å². The third-order valence-corrected chi connectivity index (χ3v) is 2.53. The Balaban J connectivity index is 2.35. The average molecular weight is 223 g/mol. The highest BCUT2D eigenvalue weighted by Crippen LogP contribution is 2.23. The van der Waals surface area contributed by atoms with Gasteiger partial charge in [0.1, 0.15) is 5.82 Å². The second kappa shape index (κ2) is 4.76. The molecule has 0 aliphatic carbocycles. The fourth-order valence-electron chi connectivity index (χ4n) is 1.80. The van der Waals surface area contributed by atoms with Crippen molar-refractivity contribution in [2.45, 2.75) is 32.4 Å². The molecule has 1 aromatic rings. The Hall–Kier alpha value is -1.20. The van der Waals surface area contributed by atoms with E-state index in [1.54, 1.807) is 7.11 Å². The summed E-state index contributed by atoms with van der Waals surface area (Å²) in [7, 11) is 1.62. The van der Waals surface area contributed by atoms with Crippen LogP contribution in [0.2, 0.25) is 0 Å². The topological polar surface area (TPSA) is 70.3 Å². The maximum atomic E-state index is 5.75. The van der Waals surface area contributed by atoms with Crippen molar-refractivity contribution in [2.75, 3.05) is 13.7 Å². The van der Waals surface area contributed by atoms with Gasteiger partial charge in [0, 0.05) is 18.9 Å². The van der Waals surface area contributed by atoms with Crippen LogP contribution in [0.5, 0.6) is 5.88 Å². The highest BCUT2D eigenvalue weighted by Gasteiger charge is 2.19. The summed E-state index contributed by atoms with van der Waals surface area (Å²) in [6.07, 6.45) is 1.49. The summed E-state index contributed by atoms with van der Waals surface area (Å²) in [6, 6.07) is 0.0580. The van der Waals surface area contributed by atoms with E-state index in [0.29, 0.717) is 25.5 Å². The summed E-state index contributed by atoms with van der Waals surface area (Å²) in [5.74, 6) is 1.38. The quantitative estimate of drug-likeness (QED) is 0.805. The minimum Gasteiger partial charge on any atom is -0.481 e. The Kier molecular flexibility index (Phi) is 3.36. The Morgan fingerprint density at radius 1 is 1.50 bits per heavy atom. The summed E-state index contributed by atoms with van der Waals surface area (Å²) < 4.78 is 10.6. The fourth-order valence-corrected chi connectivity index (χ4v) is 1.80. The summed E-state index contributed by atoms with van der Waals surface area (Å²) in [4.78, 5) is 8.86. The minimum atomic E-state index is 0.0580. The van der Waals surface area contributed by atoms with Gasteiger partial charge in [-0.1, -0.05) is 0 Å². The van der Waals surface area contributed by atoms with Gasteiger partial charge < -0.3 is 15.2 Å². The Bertz CT molecular complexity index is 362. The number of nitrogens with two attached hydrogens (primary N) is 1. The second-order valence-corrected chi connectivity index (χ2v) is 4.06. The van der Waals surface area contributed by atoms with Gasteiger partial charge in [-0.3, -0.25) is 0 Å². The standard InChI is InChI=1S/C11H17N3O2/c1-7(12)5-10-13-9-3-4-16-6-8(9)11(14-10)15-2/h7H,3-6,12H2,1-2H3. The third kappa shape index (κ3) is 2.31. The molecule has 0 fully saturated rings. The predicted molar refractivity (Wildman–Crippen MR) is 59.3 cm³/mol. The van der Waals surface area contributed by atoms with Gasteiger partial charge in [-0.05, 0) is 6.92 Å². The van der Waals surface area contributed by atoms with Crippen LogP contribution in [-0.2, 0) is 24.2 Å². The molecule has 88 valence electrons. The Morgan fingerprint density at radius 3 is 3.00 bits per heavy atom. The van der Waals surface area contributed by atoms with Gasteiger partial charge in [0.2, 0.25) is 5.88 Å². The van der Waals surface area contributed by atoms with Crippen molar-refractivity contribution in [3.05, 3.63) is 17.1 Å². The second-order valence-electron chi connectivity index (χ2n) is 4.06. The molecule has 5 nitrogen and oxygen atoms in total. The SMILES string of the molecule is COc1nc(CC(C)N)nc2c1COCC2. The van der Waals surface area contributed by atoms with Crippen LogP contribution in [0.15, 0.2) is 0 Å². The molecule has 1 aliphatic rings. The molecule has 0 bridgehead atoms. The van der Waals surface area contributed by atoms with Crippen LogP contribution in [0.3, 0.4) is 0 Å². The van der Waals surface area contributed by atoms with Crippen LogP contribution in [0.25, 0.3) is 0 Å². The number of hydrogen-bond donors (Lipinski definition) is 1. The van der Waals surface area contributed by atoms with E-state index in [9.17, 15) is 0 Å². The molecule has 0 radical (unpaired) electrons. The zero-order valence-corrected chi connectivity index (χ0v) is 9.69. The first kappa shape index (κ1) is 11.3. The Labute approximate surface area is 95.0 Å². The molecular weight excluding hydrogens is 206 g/mol. The largest absolute Gasteiger partial charge is 0.481 e. The molecule has 0 saturated carbocycles. The fraction of sp³-hybridized carbons (Fsp3) is 0.636. The summed E-state index contributed by atoms with van der Waals surface area (Å²) in [5.41, 5.74) is 7.76. The normalized spacial score (nSPS) is 16.7. The van der Waals surface area contributed by atoms with E-state index in [4.69, 9.17) is 15.2 Å². The highest BCUT2D eigenvalue weighted by atomic mass is 16.5. The molecule has 2 rings (SSSR count). The van der Waals surface area contributed by atoms with Gasteiger partial charge in [-0.15, -0.1) is 0 Å². The first-order chi connectivity index (χ1) is 7.70. The number of aromatic nitrogens is 2. The lowest BCUT2D eigenvalue weighted by Crippen LogP contribution is -2.22. The van der Waals surface area contributed by atoms with Crippen LogP contribution >= 0.6 is 0 Å². The molecule has 5 heteroatoms. The van der Waals surface area contributed by atoms with Crippen LogP contribution in [0.4, 0.5) is 0 Å². The van der Waals surface area contributed by atoms with E-state index in [0.717, 1.165) is 23.5 Å². The van der Waals surface area contributed by atoms with Crippen molar-refractivity contribution in [3.63, 3.8) is 0 Å². The van der Waals surface area contributed by atoms with Gasteiger partial charge in [0.15, 0.2) is 0 Å². The summed E-state index contributed by atoms with van der Waals surface area (Å²) >= 11 is 0. The first-order valence-electron chi connectivity index (χ1n) is 5.46. The van der Waals surface area contributed by atoms with Crippen molar-refractivity contribution in [1.29, 1.82) is 0 Å². The van der Waals surface area contributed by atoms with Gasteiger partial charge in [0.05, 0.1) is 31.6 Å². The number of hydrogen-bond acceptors (Lipinski definition) is 5. The molecule has 0 spiro atoms. The lowest BCUT2D eigenvalue weighted by atomic mass is 10.1. The van der Waals surface area contributed by atoms with Gasteiger partial charge in [-0.25, -0.2) is 4.98 Å². The van der Waals surface area contributed by atoms with E-state index in [2.05, 4.69) is 9.97 Å². The molecule has 1 unspecified atom stereocenters. The number of fused-ring (bicyclic) bond motifs is 1. The first-order valence-corrected chi connectivity index (χ1v) is 5.46.